The number of aromatic nitrogens is 2. The van der Waals surface area contributed by atoms with Crippen LogP contribution in [0.25, 0.3) is 10.7 Å². The molecule has 1 aromatic carbocycles. The van der Waals surface area contributed by atoms with E-state index in [1.165, 1.54) is 12.1 Å². The fourth-order valence-corrected chi connectivity index (χ4v) is 1.17. The van der Waals surface area contributed by atoms with Crippen LogP contribution in [0.1, 0.15) is 0 Å². The second-order valence-electron chi connectivity index (χ2n) is 2.74. The average molecular weight is 187 g/mol. The van der Waals surface area contributed by atoms with Gasteiger partial charge < -0.3 is 9.67 Å². The monoisotopic (exact) mass is 187 g/mol. The van der Waals surface area contributed by atoms with Gasteiger partial charge in [-0.15, -0.1) is 0 Å². The van der Waals surface area contributed by atoms with Crippen molar-refractivity contribution in [3.63, 3.8) is 0 Å². The van der Waals surface area contributed by atoms with E-state index in [4.69, 9.17) is 5.39 Å². The molecule has 1 N–H and O–H groups in total. The predicted molar refractivity (Wildman–Crippen MR) is 50.0 cm³/mol. The van der Waals surface area contributed by atoms with Crippen LogP contribution >= 0.6 is 0 Å². The van der Waals surface area contributed by atoms with Crippen LogP contribution in [0.3, 0.4) is 0 Å². The van der Waals surface area contributed by atoms with Crippen LogP contribution in [-0.4, -0.2) is 14.7 Å². The van der Waals surface area contributed by atoms with Gasteiger partial charge in [0.05, 0.1) is 12.0 Å². The van der Waals surface area contributed by atoms with Gasteiger partial charge in [0.1, 0.15) is 0 Å². The maximum atomic E-state index is 9.40. The Labute approximate surface area is 79.9 Å². The first-order valence-corrected chi connectivity index (χ1v) is 3.97. The number of rotatable bonds is 1. The summed E-state index contributed by atoms with van der Waals surface area (Å²) in [6, 6.07) is 4.73. The SMILES string of the molecule is N#[N+]c1ccc(-n2ccnc2)cc1O. The molecule has 0 atom stereocenters. The van der Waals surface area contributed by atoms with E-state index in [1.807, 2.05) is 0 Å². The molecule has 0 amide bonds. The Morgan fingerprint density at radius 3 is 2.86 bits per heavy atom. The van der Waals surface area contributed by atoms with Crippen LogP contribution in [0.15, 0.2) is 36.9 Å². The second kappa shape index (κ2) is 3.18. The van der Waals surface area contributed by atoms with Crippen molar-refractivity contribution in [2.45, 2.75) is 0 Å². The van der Waals surface area contributed by atoms with Gasteiger partial charge in [-0.3, -0.25) is 0 Å². The standard InChI is InChI=1S/C9H6N4O/c10-12-8-2-1-7(5-9(8)14)13-4-3-11-6-13/h1-6H/p+1. The maximum Gasteiger partial charge on any atom is 0.426 e. The zero-order chi connectivity index (χ0) is 9.97. The van der Waals surface area contributed by atoms with Crippen molar-refractivity contribution in [2.24, 2.45) is 0 Å². The molecule has 5 heteroatoms. The molecular weight excluding hydrogens is 180 g/mol. The summed E-state index contributed by atoms with van der Waals surface area (Å²) >= 11 is 0. The number of hydrogen-bond acceptors (Lipinski definition) is 3. The number of phenolic OH excluding ortho intramolecular Hbond substituents is 1. The number of diazo groups is 1. The van der Waals surface area contributed by atoms with E-state index in [1.54, 1.807) is 29.4 Å². The number of phenols is 1. The minimum Gasteiger partial charge on any atom is -0.501 e. The van der Waals surface area contributed by atoms with Gasteiger partial charge >= 0.3 is 5.69 Å². The minimum absolute atomic E-state index is 0.0706. The lowest BCUT2D eigenvalue weighted by atomic mass is 10.2. The molecule has 0 fully saturated rings. The maximum absolute atomic E-state index is 9.40. The van der Waals surface area contributed by atoms with Gasteiger partial charge in [0.25, 0.3) is 0 Å². The summed E-state index contributed by atoms with van der Waals surface area (Å²) < 4.78 is 1.74. The fraction of sp³-hybridized carbons (Fsp3) is 0. The summed E-state index contributed by atoms with van der Waals surface area (Å²) in [7, 11) is 0. The van der Waals surface area contributed by atoms with Gasteiger partial charge in [-0.05, 0) is 6.07 Å². The highest BCUT2D eigenvalue weighted by Gasteiger charge is 2.12. The molecule has 2 rings (SSSR count). The van der Waals surface area contributed by atoms with Crippen molar-refractivity contribution in [2.75, 3.05) is 0 Å². The first-order valence-electron chi connectivity index (χ1n) is 3.97. The van der Waals surface area contributed by atoms with Gasteiger partial charge in [0, 0.05) is 24.5 Å². The Morgan fingerprint density at radius 2 is 2.29 bits per heavy atom. The topological polar surface area (TPSA) is 66.2 Å². The Balaban J connectivity index is 2.49. The first-order chi connectivity index (χ1) is 6.81. The molecule has 1 aromatic heterocycles. The molecule has 0 saturated carbocycles. The largest absolute Gasteiger partial charge is 0.501 e. The lowest BCUT2D eigenvalue weighted by Gasteiger charge is -1.99. The van der Waals surface area contributed by atoms with E-state index in [9.17, 15) is 5.11 Å². The van der Waals surface area contributed by atoms with Crippen LogP contribution in [-0.2, 0) is 0 Å². The Kier molecular flexibility index (Phi) is 1.88. The third-order valence-corrected chi connectivity index (χ3v) is 1.87. The predicted octanol–water partition coefficient (Wildman–Crippen LogP) is 2.06. The van der Waals surface area contributed by atoms with Crippen LogP contribution in [0.5, 0.6) is 5.75 Å². The molecule has 0 aliphatic carbocycles. The van der Waals surface area contributed by atoms with Crippen LogP contribution in [0.2, 0.25) is 0 Å². The number of hydrogen-bond donors (Lipinski definition) is 1. The van der Waals surface area contributed by atoms with Crippen molar-refractivity contribution in [3.8, 4) is 11.4 Å². The van der Waals surface area contributed by atoms with Gasteiger partial charge in [0.15, 0.2) is 4.98 Å². The fourth-order valence-electron chi connectivity index (χ4n) is 1.17. The highest BCUT2D eigenvalue weighted by molar-refractivity contribution is 5.60. The molecule has 0 unspecified atom stereocenters. The van der Waals surface area contributed by atoms with E-state index in [0.717, 1.165) is 5.69 Å². The zero-order valence-electron chi connectivity index (χ0n) is 7.20. The van der Waals surface area contributed by atoms with Crippen LogP contribution < -0.4 is 0 Å². The molecule has 0 aliphatic rings. The molecule has 2 aromatic rings. The summed E-state index contributed by atoms with van der Waals surface area (Å²) in [5.74, 6) is -0.0706. The number of nitrogens with zero attached hydrogens (tertiary/aromatic N) is 4. The lowest BCUT2D eigenvalue weighted by molar-refractivity contribution is 0.478. The van der Waals surface area contributed by atoms with Gasteiger partial charge in [0.2, 0.25) is 11.1 Å². The smallest absolute Gasteiger partial charge is 0.426 e. The Bertz CT molecular complexity index is 484. The summed E-state index contributed by atoms with van der Waals surface area (Å²) in [6.07, 6.45) is 5.01. The molecule has 0 aliphatic heterocycles. The van der Waals surface area contributed by atoms with E-state index < -0.39 is 0 Å². The molecular formula is C9H7N4O+. The van der Waals surface area contributed by atoms with Gasteiger partial charge in [-0.1, -0.05) is 0 Å². The normalized spacial score (nSPS) is 9.64. The highest BCUT2D eigenvalue weighted by atomic mass is 16.3. The number of benzene rings is 1. The molecule has 0 saturated heterocycles. The molecule has 5 nitrogen and oxygen atoms in total. The molecule has 1 heterocycles. The zero-order valence-corrected chi connectivity index (χ0v) is 7.20. The molecule has 0 spiro atoms. The van der Waals surface area contributed by atoms with Crippen molar-refractivity contribution in [3.05, 3.63) is 41.9 Å². The van der Waals surface area contributed by atoms with Crippen molar-refractivity contribution < 1.29 is 5.11 Å². The molecule has 14 heavy (non-hydrogen) atoms. The highest BCUT2D eigenvalue weighted by Crippen LogP contribution is 2.28. The van der Waals surface area contributed by atoms with E-state index in [0.29, 0.717) is 0 Å². The summed E-state index contributed by atoms with van der Waals surface area (Å²) in [5.41, 5.74) is 0.904. The van der Waals surface area contributed by atoms with Crippen LogP contribution in [0, 0.1) is 5.39 Å². The first kappa shape index (κ1) is 8.26. The van der Waals surface area contributed by atoms with Crippen molar-refractivity contribution in [1.29, 1.82) is 5.39 Å². The van der Waals surface area contributed by atoms with Crippen molar-refractivity contribution >= 4 is 5.69 Å². The molecule has 0 radical (unpaired) electrons. The van der Waals surface area contributed by atoms with Gasteiger partial charge in [-0.2, -0.15) is 0 Å². The van der Waals surface area contributed by atoms with Crippen LogP contribution in [0.4, 0.5) is 5.69 Å². The lowest BCUT2D eigenvalue weighted by Crippen LogP contribution is -1.88. The van der Waals surface area contributed by atoms with Gasteiger partial charge in [-0.25, -0.2) is 4.98 Å². The summed E-state index contributed by atoms with van der Waals surface area (Å²) in [4.78, 5) is 6.80. The number of imidazole rings is 1. The average Bonchev–Trinajstić information content (AvgIpc) is 2.70. The molecule has 0 bridgehead atoms. The van der Waals surface area contributed by atoms with E-state index in [-0.39, 0.29) is 11.4 Å². The van der Waals surface area contributed by atoms with Crippen molar-refractivity contribution in [1.82, 2.24) is 9.55 Å². The summed E-state index contributed by atoms with van der Waals surface area (Å²) in [5, 5.41) is 17.9. The Hall–Kier alpha value is -2.35. The minimum atomic E-state index is -0.0706. The summed E-state index contributed by atoms with van der Waals surface area (Å²) in [6.45, 7) is 0. The van der Waals surface area contributed by atoms with E-state index >= 15 is 0 Å². The number of aromatic hydroxyl groups is 1. The third kappa shape index (κ3) is 1.29. The molecule has 68 valence electrons. The Morgan fingerprint density at radius 1 is 1.43 bits per heavy atom. The quantitative estimate of drug-likeness (QED) is 0.695. The second-order valence-corrected chi connectivity index (χ2v) is 2.74. The van der Waals surface area contributed by atoms with E-state index in [2.05, 4.69) is 9.96 Å². The third-order valence-electron chi connectivity index (χ3n) is 1.87.